The molecule has 6 nitrogen and oxygen atoms in total. The maximum atomic E-state index is 12.7. The van der Waals surface area contributed by atoms with Gasteiger partial charge in [0.2, 0.25) is 5.91 Å². The van der Waals surface area contributed by atoms with Crippen LogP contribution in [-0.4, -0.2) is 38.4 Å². The summed E-state index contributed by atoms with van der Waals surface area (Å²) < 4.78 is 5.88. The van der Waals surface area contributed by atoms with E-state index in [9.17, 15) is 4.79 Å². The summed E-state index contributed by atoms with van der Waals surface area (Å²) in [5.74, 6) is 1.29. The highest BCUT2D eigenvalue weighted by Crippen LogP contribution is 2.38. The summed E-state index contributed by atoms with van der Waals surface area (Å²) in [5, 5.41) is 9.62. The molecular weight excluding hydrogens is 352 g/mol. The van der Waals surface area contributed by atoms with E-state index in [2.05, 4.69) is 39.2 Å². The van der Waals surface area contributed by atoms with E-state index in [-0.39, 0.29) is 18.0 Å². The molecule has 2 aromatic carbocycles. The third kappa shape index (κ3) is 3.15. The van der Waals surface area contributed by atoms with Crippen molar-refractivity contribution in [3.05, 3.63) is 66.4 Å². The van der Waals surface area contributed by atoms with Crippen molar-refractivity contribution in [3.63, 3.8) is 0 Å². The van der Waals surface area contributed by atoms with E-state index in [4.69, 9.17) is 4.74 Å². The van der Waals surface area contributed by atoms with Crippen LogP contribution in [0.25, 0.3) is 5.57 Å². The summed E-state index contributed by atoms with van der Waals surface area (Å²) in [6.07, 6.45) is 2.02. The molecule has 0 spiro atoms. The Bertz CT molecular complexity index is 877. The molecule has 3 heterocycles. The van der Waals surface area contributed by atoms with E-state index in [1.54, 1.807) is 0 Å². The molecule has 5 rings (SSSR count). The average molecular weight is 376 g/mol. The first-order chi connectivity index (χ1) is 13.8. The van der Waals surface area contributed by atoms with Gasteiger partial charge in [-0.05, 0) is 35.4 Å². The fourth-order valence-corrected chi connectivity index (χ4v) is 4.01. The molecule has 3 N–H and O–H groups in total. The van der Waals surface area contributed by atoms with Gasteiger partial charge in [-0.15, -0.1) is 0 Å². The van der Waals surface area contributed by atoms with Gasteiger partial charge in [-0.2, -0.15) is 0 Å². The third-order valence-electron chi connectivity index (χ3n) is 5.68. The van der Waals surface area contributed by atoms with Gasteiger partial charge in [-0.3, -0.25) is 10.1 Å². The van der Waals surface area contributed by atoms with Crippen LogP contribution in [0, 0.1) is 11.8 Å². The minimum absolute atomic E-state index is 0.0613. The molecular formula is C22H24N4O2. The van der Waals surface area contributed by atoms with Gasteiger partial charge in [-0.25, -0.2) is 0 Å². The van der Waals surface area contributed by atoms with E-state index in [1.165, 1.54) is 0 Å². The molecule has 3 aliphatic rings. The minimum atomic E-state index is -0.248. The van der Waals surface area contributed by atoms with Crippen molar-refractivity contribution in [3.8, 4) is 5.75 Å². The van der Waals surface area contributed by atoms with Crippen LogP contribution in [0.2, 0.25) is 0 Å². The van der Waals surface area contributed by atoms with Gasteiger partial charge in [0, 0.05) is 30.9 Å². The quantitative estimate of drug-likeness (QED) is 0.742. The molecule has 2 unspecified atom stereocenters. The Morgan fingerprint density at radius 3 is 2.54 bits per heavy atom. The molecule has 0 saturated carbocycles. The van der Waals surface area contributed by atoms with Crippen LogP contribution in [-0.2, 0) is 4.79 Å². The second-order valence-electron chi connectivity index (χ2n) is 7.53. The molecule has 3 aliphatic heterocycles. The highest BCUT2D eigenvalue weighted by atomic mass is 16.5. The fraction of sp³-hybridized carbons (Fsp3) is 0.318. The lowest BCUT2D eigenvalue weighted by Crippen LogP contribution is -2.58. The number of benzene rings is 2. The number of hydrogen-bond donors (Lipinski definition) is 3. The highest BCUT2D eigenvalue weighted by Gasteiger charge is 2.43. The number of hydrogen-bond acceptors (Lipinski definition) is 5. The lowest BCUT2D eigenvalue weighted by atomic mass is 9.91. The second-order valence-corrected chi connectivity index (χ2v) is 7.53. The van der Waals surface area contributed by atoms with Crippen LogP contribution < -0.4 is 25.6 Å². The van der Waals surface area contributed by atoms with Crippen LogP contribution >= 0.6 is 0 Å². The van der Waals surface area contributed by atoms with Gasteiger partial charge in [-0.1, -0.05) is 30.3 Å². The molecule has 144 valence electrons. The summed E-state index contributed by atoms with van der Waals surface area (Å²) in [6, 6.07) is 18.3. The Hall–Kier alpha value is -2.83. The molecule has 0 radical (unpaired) electrons. The number of para-hydroxylation sites is 1. The standard InChI is InChI=1S/C22H24N4O2/c27-22-20-19(16-6-8-18(9-7-16)28-13-15-10-23-11-15)12-26(21(20)24-14-25-22)17-4-2-1-3-5-17/h1-9,12,15,20-21,23-24H,10-11,13-14H2,(H,25,27). The normalized spacial score (nSPS) is 24.2. The minimum Gasteiger partial charge on any atom is -0.493 e. The second kappa shape index (κ2) is 7.30. The van der Waals surface area contributed by atoms with Crippen molar-refractivity contribution in [2.75, 3.05) is 31.3 Å². The topological polar surface area (TPSA) is 65.6 Å². The number of nitrogens with one attached hydrogen (secondary N) is 3. The van der Waals surface area contributed by atoms with Crippen LogP contribution in [0.3, 0.4) is 0 Å². The SMILES string of the molecule is O=C1NCNC2C1C(c1ccc(OCC3CNC3)cc1)=CN2c1ccccc1. The Kier molecular flexibility index (Phi) is 4.50. The van der Waals surface area contributed by atoms with Gasteiger partial charge >= 0.3 is 0 Å². The molecule has 2 atom stereocenters. The zero-order chi connectivity index (χ0) is 18.9. The van der Waals surface area contributed by atoms with Crippen molar-refractivity contribution in [1.29, 1.82) is 0 Å². The summed E-state index contributed by atoms with van der Waals surface area (Å²) in [5.41, 5.74) is 3.14. The van der Waals surface area contributed by atoms with E-state index in [1.807, 2.05) is 42.5 Å². The summed E-state index contributed by atoms with van der Waals surface area (Å²) >= 11 is 0. The van der Waals surface area contributed by atoms with E-state index in [0.29, 0.717) is 12.6 Å². The van der Waals surface area contributed by atoms with Gasteiger partial charge in [0.05, 0.1) is 19.2 Å². The number of ether oxygens (including phenoxy) is 1. The van der Waals surface area contributed by atoms with Crippen LogP contribution in [0.5, 0.6) is 5.75 Å². The molecule has 6 heteroatoms. The Labute approximate surface area is 164 Å². The van der Waals surface area contributed by atoms with Gasteiger partial charge < -0.3 is 20.3 Å². The lowest BCUT2D eigenvalue weighted by molar-refractivity contribution is -0.125. The van der Waals surface area contributed by atoms with Crippen molar-refractivity contribution in [1.82, 2.24) is 16.0 Å². The predicted molar refractivity (Wildman–Crippen MR) is 109 cm³/mol. The molecule has 2 fully saturated rings. The first-order valence-electron chi connectivity index (χ1n) is 9.80. The molecule has 2 saturated heterocycles. The van der Waals surface area contributed by atoms with Gasteiger partial charge in [0.25, 0.3) is 0 Å². The number of amides is 1. The fourth-order valence-electron chi connectivity index (χ4n) is 4.01. The lowest BCUT2D eigenvalue weighted by Gasteiger charge is -2.34. The van der Waals surface area contributed by atoms with E-state index in [0.717, 1.165) is 42.3 Å². The zero-order valence-corrected chi connectivity index (χ0v) is 15.6. The largest absolute Gasteiger partial charge is 0.493 e. The number of fused-ring (bicyclic) bond motifs is 1. The Morgan fingerprint density at radius 2 is 1.82 bits per heavy atom. The Balaban J connectivity index is 1.40. The summed E-state index contributed by atoms with van der Waals surface area (Å²) in [4.78, 5) is 14.8. The number of rotatable bonds is 5. The maximum absolute atomic E-state index is 12.7. The van der Waals surface area contributed by atoms with Crippen molar-refractivity contribution in [2.24, 2.45) is 11.8 Å². The molecule has 2 aromatic rings. The summed E-state index contributed by atoms with van der Waals surface area (Å²) in [7, 11) is 0. The van der Waals surface area contributed by atoms with Gasteiger partial charge in [0.15, 0.2) is 0 Å². The highest BCUT2D eigenvalue weighted by molar-refractivity contribution is 5.96. The molecule has 0 aromatic heterocycles. The number of anilines is 1. The van der Waals surface area contributed by atoms with Crippen molar-refractivity contribution in [2.45, 2.75) is 6.17 Å². The van der Waals surface area contributed by atoms with E-state index < -0.39 is 0 Å². The van der Waals surface area contributed by atoms with E-state index >= 15 is 0 Å². The molecule has 28 heavy (non-hydrogen) atoms. The number of nitrogens with zero attached hydrogens (tertiary/aromatic N) is 1. The maximum Gasteiger partial charge on any atom is 0.232 e. The van der Waals surface area contributed by atoms with Crippen LogP contribution in [0.15, 0.2) is 60.8 Å². The first kappa shape index (κ1) is 17.3. The van der Waals surface area contributed by atoms with Crippen LogP contribution in [0.1, 0.15) is 5.56 Å². The molecule has 0 aliphatic carbocycles. The number of carbonyl (C=O) groups is 1. The monoisotopic (exact) mass is 376 g/mol. The van der Waals surface area contributed by atoms with Crippen molar-refractivity contribution >= 4 is 17.2 Å². The summed E-state index contributed by atoms with van der Waals surface area (Å²) in [6.45, 7) is 3.29. The third-order valence-corrected chi connectivity index (χ3v) is 5.68. The van der Waals surface area contributed by atoms with Crippen molar-refractivity contribution < 1.29 is 9.53 Å². The number of carbonyl (C=O) groups excluding carboxylic acids is 1. The molecule has 1 amide bonds. The zero-order valence-electron chi connectivity index (χ0n) is 15.6. The first-order valence-corrected chi connectivity index (χ1v) is 9.80. The van der Waals surface area contributed by atoms with Crippen LogP contribution in [0.4, 0.5) is 5.69 Å². The Morgan fingerprint density at radius 1 is 1.04 bits per heavy atom. The molecule has 0 bridgehead atoms. The smallest absolute Gasteiger partial charge is 0.232 e. The average Bonchev–Trinajstić information content (AvgIpc) is 3.09. The predicted octanol–water partition coefficient (Wildman–Crippen LogP) is 1.77. The van der Waals surface area contributed by atoms with Gasteiger partial charge in [0.1, 0.15) is 11.9 Å².